The Morgan fingerprint density at radius 2 is 2.22 bits per heavy atom. The van der Waals surface area contributed by atoms with Crippen molar-refractivity contribution in [1.29, 1.82) is 0 Å². The van der Waals surface area contributed by atoms with Crippen LogP contribution in [0.15, 0.2) is 6.07 Å². The molecular formula is C16H25ClN4OS. The summed E-state index contributed by atoms with van der Waals surface area (Å²) in [5, 5.41) is 5.69. The van der Waals surface area contributed by atoms with E-state index in [2.05, 4.69) is 25.9 Å². The summed E-state index contributed by atoms with van der Waals surface area (Å²) < 4.78 is 1.89. The van der Waals surface area contributed by atoms with Crippen molar-refractivity contribution in [2.24, 2.45) is 18.2 Å². The third kappa shape index (κ3) is 3.12. The highest BCUT2D eigenvalue weighted by Gasteiger charge is 2.35. The van der Waals surface area contributed by atoms with Crippen molar-refractivity contribution < 1.29 is 4.79 Å². The van der Waals surface area contributed by atoms with Crippen molar-refractivity contribution in [3.8, 4) is 0 Å². The molecule has 7 heteroatoms. The van der Waals surface area contributed by atoms with E-state index in [0.29, 0.717) is 12.5 Å². The molecule has 1 saturated heterocycles. The summed E-state index contributed by atoms with van der Waals surface area (Å²) in [4.78, 5) is 16.6. The molecular weight excluding hydrogens is 332 g/mol. The second-order valence-electron chi connectivity index (χ2n) is 6.98. The Labute approximate surface area is 147 Å². The minimum atomic E-state index is 0. The quantitative estimate of drug-likeness (QED) is 0.919. The summed E-state index contributed by atoms with van der Waals surface area (Å²) in [5.41, 5.74) is 6.98. The lowest BCUT2D eigenvalue weighted by molar-refractivity contribution is 0.0782. The molecule has 5 nitrogen and oxygen atoms in total. The summed E-state index contributed by atoms with van der Waals surface area (Å²) >= 11 is 1.54. The molecule has 0 spiro atoms. The molecule has 1 unspecified atom stereocenters. The summed E-state index contributed by atoms with van der Waals surface area (Å²) in [7, 11) is 1.94. The number of nitrogens with zero attached hydrogens (tertiary/aromatic N) is 3. The van der Waals surface area contributed by atoms with Crippen LogP contribution in [0.2, 0.25) is 0 Å². The standard InChI is InChI=1S/C16H24N4OS.ClH/c1-10(2)13-11-7-12(22-15(11)19(4)18-13)14(21)20-6-5-16(3,8-17)9-20;/h7,10H,5-6,8-9,17H2,1-4H3;1H. The summed E-state index contributed by atoms with van der Waals surface area (Å²) in [5.74, 6) is 0.488. The maximum absolute atomic E-state index is 12.8. The molecule has 128 valence electrons. The molecule has 23 heavy (non-hydrogen) atoms. The van der Waals surface area contributed by atoms with E-state index in [4.69, 9.17) is 5.73 Å². The highest BCUT2D eigenvalue weighted by atomic mass is 35.5. The number of aryl methyl sites for hydroxylation is 1. The van der Waals surface area contributed by atoms with Crippen LogP contribution < -0.4 is 5.73 Å². The van der Waals surface area contributed by atoms with Crippen LogP contribution in [-0.2, 0) is 7.05 Å². The van der Waals surface area contributed by atoms with E-state index < -0.39 is 0 Å². The number of carbonyl (C=O) groups is 1. The van der Waals surface area contributed by atoms with Crippen LogP contribution in [0.4, 0.5) is 0 Å². The van der Waals surface area contributed by atoms with Crippen molar-refractivity contribution in [3.63, 3.8) is 0 Å². The van der Waals surface area contributed by atoms with Crippen LogP contribution in [0.1, 0.15) is 48.5 Å². The van der Waals surface area contributed by atoms with Gasteiger partial charge in [-0.25, -0.2) is 0 Å². The van der Waals surface area contributed by atoms with E-state index in [1.165, 1.54) is 0 Å². The molecule has 0 aliphatic carbocycles. The van der Waals surface area contributed by atoms with Crippen LogP contribution >= 0.6 is 23.7 Å². The van der Waals surface area contributed by atoms with Crippen molar-refractivity contribution in [2.45, 2.75) is 33.1 Å². The number of amides is 1. The molecule has 2 N–H and O–H groups in total. The molecule has 0 bridgehead atoms. The average molecular weight is 357 g/mol. The molecule has 0 radical (unpaired) electrons. The number of hydrogen-bond donors (Lipinski definition) is 1. The second-order valence-corrected chi connectivity index (χ2v) is 8.02. The number of hydrogen-bond acceptors (Lipinski definition) is 4. The van der Waals surface area contributed by atoms with Crippen molar-refractivity contribution >= 4 is 39.9 Å². The number of halogens is 1. The van der Waals surface area contributed by atoms with Gasteiger partial charge in [-0.3, -0.25) is 9.48 Å². The Kier molecular flexibility index (Phi) is 5.09. The van der Waals surface area contributed by atoms with Crippen molar-refractivity contribution in [1.82, 2.24) is 14.7 Å². The normalized spacial score (nSPS) is 21.2. The van der Waals surface area contributed by atoms with Crippen molar-refractivity contribution in [3.05, 3.63) is 16.6 Å². The number of likely N-dealkylation sites (tertiary alicyclic amines) is 1. The van der Waals surface area contributed by atoms with Gasteiger partial charge in [0.15, 0.2) is 0 Å². The molecule has 1 aliphatic rings. The number of nitrogens with two attached hydrogens (primary N) is 1. The first-order valence-corrected chi connectivity index (χ1v) is 8.62. The lowest BCUT2D eigenvalue weighted by Crippen LogP contribution is -2.34. The lowest BCUT2D eigenvalue weighted by Gasteiger charge is -2.22. The molecule has 1 aliphatic heterocycles. The summed E-state index contributed by atoms with van der Waals surface area (Å²) in [6, 6.07) is 2.02. The van der Waals surface area contributed by atoms with Gasteiger partial charge in [0.25, 0.3) is 5.91 Å². The van der Waals surface area contributed by atoms with Crippen LogP contribution in [-0.4, -0.2) is 40.2 Å². The second kappa shape index (κ2) is 6.42. The van der Waals surface area contributed by atoms with Crippen molar-refractivity contribution in [2.75, 3.05) is 19.6 Å². The third-order valence-electron chi connectivity index (χ3n) is 4.64. The predicted molar refractivity (Wildman–Crippen MR) is 97.6 cm³/mol. The molecule has 1 amide bonds. The molecule has 0 aromatic carbocycles. The summed E-state index contributed by atoms with van der Waals surface area (Å²) in [6.07, 6.45) is 0.985. The monoisotopic (exact) mass is 356 g/mol. The zero-order valence-electron chi connectivity index (χ0n) is 14.1. The Hall–Kier alpha value is -1.11. The predicted octanol–water partition coefficient (Wildman–Crippen LogP) is 2.99. The van der Waals surface area contributed by atoms with E-state index in [1.807, 2.05) is 22.7 Å². The molecule has 2 aromatic rings. The maximum atomic E-state index is 12.8. The Morgan fingerprint density at radius 1 is 1.52 bits per heavy atom. The first-order valence-electron chi connectivity index (χ1n) is 7.80. The minimum absolute atomic E-state index is 0. The number of fused-ring (bicyclic) bond motifs is 1. The SMILES string of the molecule is CC(C)c1nn(C)c2sc(C(=O)N3CCC(C)(CN)C3)cc12.Cl. The fraction of sp³-hybridized carbons (Fsp3) is 0.625. The zero-order valence-corrected chi connectivity index (χ0v) is 15.8. The van der Waals surface area contributed by atoms with Crippen LogP contribution in [0, 0.1) is 5.41 Å². The highest BCUT2D eigenvalue weighted by Crippen LogP contribution is 2.34. The van der Waals surface area contributed by atoms with Crippen LogP contribution in [0.5, 0.6) is 0 Å². The van der Waals surface area contributed by atoms with Gasteiger partial charge in [-0.15, -0.1) is 23.7 Å². The number of aromatic nitrogens is 2. The number of carbonyl (C=O) groups excluding carboxylic acids is 1. The van der Waals surface area contributed by atoms with E-state index in [-0.39, 0.29) is 23.7 Å². The molecule has 2 aromatic heterocycles. The van der Waals surface area contributed by atoms with Gasteiger partial charge in [0, 0.05) is 25.5 Å². The Morgan fingerprint density at radius 3 is 2.78 bits per heavy atom. The number of rotatable bonds is 3. The van der Waals surface area contributed by atoms with Gasteiger partial charge in [-0.1, -0.05) is 20.8 Å². The Bertz CT molecular complexity index is 723. The Balaban J connectivity index is 0.00000192. The first-order chi connectivity index (χ1) is 10.3. The van der Waals surface area contributed by atoms with E-state index in [0.717, 1.165) is 40.3 Å². The highest BCUT2D eigenvalue weighted by molar-refractivity contribution is 7.20. The van der Waals surface area contributed by atoms with Gasteiger partial charge in [-0.05, 0) is 30.4 Å². The largest absolute Gasteiger partial charge is 0.337 e. The van der Waals surface area contributed by atoms with Gasteiger partial charge in [0.2, 0.25) is 0 Å². The molecule has 1 atom stereocenters. The van der Waals surface area contributed by atoms with Gasteiger partial charge >= 0.3 is 0 Å². The van der Waals surface area contributed by atoms with E-state index in [9.17, 15) is 4.79 Å². The van der Waals surface area contributed by atoms with Gasteiger partial charge < -0.3 is 10.6 Å². The molecule has 1 fully saturated rings. The molecule has 3 rings (SSSR count). The lowest BCUT2D eigenvalue weighted by atomic mass is 9.90. The molecule has 0 saturated carbocycles. The maximum Gasteiger partial charge on any atom is 0.264 e. The van der Waals surface area contributed by atoms with Gasteiger partial charge in [0.05, 0.1) is 10.6 Å². The fourth-order valence-electron chi connectivity index (χ4n) is 3.12. The smallest absolute Gasteiger partial charge is 0.264 e. The molecule has 3 heterocycles. The van der Waals surface area contributed by atoms with E-state index >= 15 is 0 Å². The van der Waals surface area contributed by atoms with Crippen LogP contribution in [0.3, 0.4) is 0 Å². The minimum Gasteiger partial charge on any atom is -0.337 e. The average Bonchev–Trinajstić information content (AvgIpc) is 3.14. The topological polar surface area (TPSA) is 64.2 Å². The van der Waals surface area contributed by atoms with E-state index in [1.54, 1.807) is 11.3 Å². The third-order valence-corrected chi connectivity index (χ3v) is 5.83. The fourth-order valence-corrected chi connectivity index (χ4v) is 4.17. The van der Waals surface area contributed by atoms with Gasteiger partial charge in [0.1, 0.15) is 4.83 Å². The first kappa shape index (κ1) is 18.2. The summed E-state index contributed by atoms with van der Waals surface area (Å²) in [6.45, 7) is 8.61. The number of thiophene rings is 1. The van der Waals surface area contributed by atoms with Crippen LogP contribution in [0.25, 0.3) is 10.2 Å². The van der Waals surface area contributed by atoms with Gasteiger partial charge in [-0.2, -0.15) is 5.10 Å². The zero-order chi connectivity index (χ0) is 16.1.